The first kappa shape index (κ1) is 15.1. The lowest BCUT2D eigenvalue weighted by molar-refractivity contribution is -0.112. The molecular formula is C15H11ClN2O2S. The van der Waals surface area contributed by atoms with Crippen LogP contribution < -0.4 is 10.1 Å². The number of thiophene rings is 1. The predicted octanol–water partition coefficient (Wildman–Crippen LogP) is 3.96. The van der Waals surface area contributed by atoms with E-state index in [2.05, 4.69) is 5.32 Å². The van der Waals surface area contributed by atoms with Crippen LogP contribution >= 0.6 is 22.9 Å². The number of carbonyl (C=O) groups is 1. The second-order valence-electron chi connectivity index (χ2n) is 4.00. The number of nitriles is 1. The van der Waals surface area contributed by atoms with Gasteiger partial charge in [0.15, 0.2) is 0 Å². The number of halogens is 1. The van der Waals surface area contributed by atoms with Crippen molar-refractivity contribution in [2.24, 2.45) is 0 Å². The first-order valence-corrected chi connectivity index (χ1v) is 7.14. The van der Waals surface area contributed by atoms with Gasteiger partial charge in [0.25, 0.3) is 5.91 Å². The summed E-state index contributed by atoms with van der Waals surface area (Å²) in [6.45, 7) is 0. The standard InChI is InChI=1S/C15H11ClN2O2S/c1-20-12-4-2-3-11(8-12)18-15(19)10(9-17)7-13-5-6-14(16)21-13/h2-8H,1H3,(H,18,19)/b10-7-. The lowest BCUT2D eigenvalue weighted by Crippen LogP contribution is -2.13. The van der Waals surface area contributed by atoms with E-state index in [1.807, 2.05) is 6.07 Å². The minimum atomic E-state index is -0.477. The lowest BCUT2D eigenvalue weighted by atomic mass is 10.2. The van der Waals surface area contributed by atoms with Gasteiger partial charge in [-0.05, 0) is 30.3 Å². The maximum absolute atomic E-state index is 12.1. The summed E-state index contributed by atoms with van der Waals surface area (Å²) in [6, 6.07) is 12.3. The monoisotopic (exact) mass is 318 g/mol. The largest absolute Gasteiger partial charge is 0.497 e. The van der Waals surface area contributed by atoms with Gasteiger partial charge >= 0.3 is 0 Å². The van der Waals surface area contributed by atoms with Crippen LogP contribution in [0.5, 0.6) is 5.75 Å². The maximum Gasteiger partial charge on any atom is 0.266 e. The van der Waals surface area contributed by atoms with Crippen LogP contribution in [0.15, 0.2) is 42.0 Å². The molecule has 2 aromatic rings. The molecule has 0 aliphatic heterocycles. The fraction of sp³-hybridized carbons (Fsp3) is 0.0667. The van der Waals surface area contributed by atoms with E-state index >= 15 is 0 Å². The van der Waals surface area contributed by atoms with E-state index in [0.717, 1.165) is 4.88 Å². The minimum Gasteiger partial charge on any atom is -0.497 e. The Morgan fingerprint density at radius 1 is 1.43 bits per heavy atom. The molecule has 0 saturated heterocycles. The zero-order valence-electron chi connectivity index (χ0n) is 11.1. The van der Waals surface area contributed by atoms with Crippen LogP contribution in [0.3, 0.4) is 0 Å². The number of rotatable bonds is 4. The molecule has 0 bridgehead atoms. The number of carbonyl (C=O) groups excluding carboxylic acids is 1. The zero-order valence-corrected chi connectivity index (χ0v) is 12.7. The highest BCUT2D eigenvalue weighted by molar-refractivity contribution is 7.17. The molecule has 0 unspecified atom stereocenters. The average molecular weight is 319 g/mol. The normalized spacial score (nSPS) is 10.8. The number of anilines is 1. The third kappa shape index (κ3) is 4.09. The van der Waals surface area contributed by atoms with Gasteiger partial charge in [0.2, 0.25) is 0 Å². The molecule has 1 N–H and O–H groups in total. The summed E-state index contributed by atoms with van der Waals surface area (Å²) in [5, 5.41) is 11.8. The second-order valence-corrected chi connectivity index (χ2v) is 5.74. The van der Waals surface area contributed by atoms with Gasteiger partial charge in [0.1, 0.15) is 17.4 Å². The van der Waals surface area contributed by atoms with Gasteiger partial charge in [-0.2, -0.15) is 5.26 Å². The summed E-state index contributed by atoms with van der Waals surface area (Å²) in [7, 11) is 1.54. The summed E-state index contributed by atoms with van der Waals surface area (Å²) in [4.78, 5) is 12.8. The van der Waals surface area contributed by atoms with Gasteiger partial charge in [0, 0.05) is 16.6 Å². The number of methoxy groups -OCH3 is 1. The van der Waals surface area contributed by atoms with Gasteiger partial charge in [-0.15, -0.1) is 11.3 Å². The molecule has 0 spiro atoms. The van der Waals surface area contributed by atoms with Crippen LogP contribution in [-0.2, 0) is 4.79 Å². The van der Waals surface area contributed by atoms with Crippen molar-refractivity contribution in [3.63, 3.8) is 0 Å². The van der Waals surface area contributed by atoms with Crippen molar-refractivity contribution >= 4 is 40.6 Å². The van der Waals surface area contributed by atoms with Crippen LogP contribution in [-0.4, -0.2) is 13.0 Å². The van der Waals surface area contributed by atoms with E-state index in [1.54, 1.807) is 43.5 Å². The molecule has 106 valence electrons. The van der Waals surface area contributed by atoms with E-state index in [0.29, 0.717) is 15.8 Å². The van der Waals surface area contributed by atoms with Gasteiger partial charge in [-0.1, -0.05) is 17.7 Å². The average Bonchev–Trinajstić information content (AvgIpc) is 2.90. The predicted molar refractivity (Wildman–Crippen MR) is 84.5 cm³/mol. The van der Waals surface area contributed by atoms with Crippen molar-refractivity contribution in [2.45, 2.75) is 0 Å². The molecule has 1 aromatic carbocycles. The van der Waals surface area contributed by atoms with Crippen molar-refractivity contribution in [3.05, 3.63) is 51.2 Å². The van der Waals surface area contributed by atoms with Gasteiger partial charge in [-0.25, -0.2) is 0 Å². The maximum atomic E-state index is 12.1. The van der Waals surface area contributed by atoms with E-state index < -0.39 is 5.91 Å². The van der Waals surface area contributed by atoms with Crippen LogP contribution in [0.4, 0.5) is 5.69 Å². The fourth-order valence-corrected chi connectivity index (χ4v) is 2.60. The number of ether oxygens (including phenoxy) is 1. The Balaban J connectivity index is 2.17. The smallest absolute Gasteiger partial charge is 0.266 e. The van der Waals surface area contributed by atoms with Crippen LogP contribution in [0.25, 0.3) is 6.08 Å². The quantitative estimate of drug-likeness (QED) is 0.685. The highest BCUT2D eigenvalue weighted by Gasteiger charge is 2.10. The Hall–Kier alpha value is -2.29. The molecule has 1 aromatic heterocycles. The molecule has 2 rings (SSSR count). The summed E-state index contributed by atoms with van der Waals surface area (Å²) >= 11 is 7.12. The molecule has 0 aliphatic carbocycles. The number of hydrogen-bond acceptors (Lipinski definition) is 4. The highest BCUT2D eigenvalue weighted by atomic mass is 35.5. The Kier molecular flexibility index (Phi) is 4.99. The topological polar surface area (TPSA) is 62.1 Å². The third-order valence-electron chi connectivity index (χ3n) is 2.57. The highest BCUT2D eigenvalue weighted by Crippen LogP contribution is 2.24. The van der Waals surface area contributed by atoms with Crippen LogP contribution in [0.1, 0.15) is 4.88 Å². The number of nitrogens with zero attached hydrogens (tertiary/aromatic N) is 1. The lowest BCUT2D eigenvalue weighted by Gasteiger charge is -2.06. The number of hydrogen-bond donors (Lipinski definition) is 1. The molecule has 0 fully saturated rings. The van der Waals surface area contributed by atoms with Crippen molar-refractivity contribution < 1.29 is 9.53 Å². The molecule has 0 aliphatic rings. The molecule has 0 atom stereocenters. The molecular weight excluding hydrogens is 308 g/mol. The van der Waals surface area contributed by atoms with E-state index in [4.69, 9.17) is 21.6 Å². The van der Waals surface area contributed by atoms with Crippen molar-refractivity contribution in [3.8, 4) is 11.8 Å². The number of benzene rings is 1. The van der Waals surface area contributed by atoms with Crippen LogP contribution in [0.2, 0.25) is 4.34 Å². The summed E-state index contributed by atoms with van der Waals surface area (Å²) < 4.78 is 5.68. The summed E-state index contributed by atoms with van der Waals surface area (Å²) in [5.74, 6) is 0.149. The molecule has 0 radical (unpaired) electrons. The first-order chi connectivity index (χ1) is 10.1. The summed E-state index contributed by atoms with van der Waals surface area (Å²) in [5.41, 5.74) is 0.570. The Morgan fingerprint density at radius 3 is 2.86 bits per heavy atom. The Labute approximate surface area is 131 Å². The molecule has 21 heavy (non-hydrogen) atoms. The van der Waals surface area contributed by atoms with Crippen molar-refractivity contribution in [1.82, 2.24) is 0 Å². The zero-order chi connectivity index (χ0) is 15.2. The molecule has 4 nitrogen and oxygen atoms in total. The second kappa shape index (κ2) is 6.93. The van der Waals surface area contributed by atoms with Crippen LogP contribution in [0, 0.1) is 11.3 Å². The fourth-order valence-electron chi connectivity index (χ4n) is 1.60. The molecule has 1 heterocycles. The third-order valence-corrected chi connectivity index (χ3v) is 3.75. The van der Waals surface area contributed by atoms with Crippen molar-refractivity contribution in [1.29, 1.82) is 5.26 Å². The molecule has 0 saturated carbocycles. The van der Waals surface area contributed by atoms with E-state index in [-0.39, 0.29) is 5.57 Å². The first-order valence-electron chi connectivity index (χ1n) is 5.95. The Morgan fingerprint density at radius 2 is 2.24 bits per heavy atom. The van der Waals surface area contributed by atoms with Crippen molar-refractivity contribution in [2.75, 3.05) is 12.4 Å². The van der Waals surface area contributed by atoms with E-state index in [1.165, 1.54) is 17.4 Å². The van der Waals surface area contributed by atoms with Gasteiger partial charge in [-0.3, -0.25) is 4.79 Å². The number of nitrogens with one attached hydrogen (secondary N) is 1. The molecule has 6 heteroatoms. The molecule has 1 amide bonds. The van der Waals surface area contributed by atoms with Gasteiger partial charge < -0.3 is 10.1 Å². The summed E-state index contributed by atoms with van der Waals surface area (Å²) in [6.07, 6.45) is 1.51. The SMILES string of the molecule is COc1cccc(NC(=O)/C(C#N)=C\c2ccc(Cl)s2)c1. The van der Waals surface area contributed by atoms with E-state index in [9.17, 15) is 4.79 Å². The van der Waals surface area contributed by atoms with Gasteiger partial charge in [0.05, 0.1) is 11.4 Å². The number of amides is 1. The minimum absolute atomic E-state index is 0.0105. The Bertz CT molecular complexity index is 731.